The van der Waals surface area contributed by atoms with E-state index in [-0.39, 0.29) is 18.4 Å². The van der Waals surface area contributed by atoms with Gasteiger partial charge < -0.3 is 24.8 Å². The number of ether oxygens (including phenoxy) is 3. The molecule has 0 aliphatic carbocycles. The molecule has 0 fully saturated rings. The zero-order valence-electron chi connectivity index (χ0n) is 18.9. The summed E-state index contributed by atoms with van der Waals surface area (Å²) in [7, 11) is 1.48. The normalized spacial score (nSPS) is 10.2. The Labute approximate surface area is 202 Å². The highest BCUT2D eigenvalue weighted by molar-refractivity contribution is 6.05. The summed E-state index contributed by atoms with van der Waals surface area (Å²) in [6, 6.07) is 24.7. The molecule has 8 nitrogen and oxygen atoms in total. The van der Waals surface area contributed by atoms with Gasteiger partial charge in [-0.15, -0.1) is 0 Å². The number of methoxy groups -OCH3 is 1. The Morgan fingerprint density at radius 1 is 0.829 bits per heavy atom. The number of rotatable bonds is 9. The fourth-order valence-corrected chi connectivity index (χ4v) is 3.14. The topological polar surface area (TPSA) is 98.8 Å². The molecule has 0 saturated carbocycles. The van der Waals surface area contributed by atoms with Crippen LogP contribution in [0, 0.1) is 0 Å². The molecule has 0 bridgehead atoms. The molecule has 0 aliphatic rings. The van der Waals surface area contributed by atoms with Gasteiger partial charge in [0.15, 0.2) is 6.61 Å². The van der Waals surface area contributed by atoms with Crippen LogP contribution in [0.5, 0.6) is 23.0 Å². The van der Waals surface area contributed by atoms with E-state index >= 15 is 0 Å². The average Bonchev–Trinajstić information content (AvgIpc) is 2.90. The van der Waals surface area contributed by atoms with Gasteiger partial charge in [-0.2, -0.15) is 0 Å². The summed E-state index contributed by atoms with van der Waals surface area (Å²) >= 11 is 0. The van der Waals surface area contributed by atoms with Crippen LogP contribution in [0.3, 0.4) is 0 Å². The quantitative estimate of drug-likeness (QED) is 0.352. The van der Waals surface area contributed by atoms with E-state index in [4.69, 9.17) is 14.2 Å². The lowest BCUT2D eigenvalue weighted by atomic mass is 10.2. The lowest BCUT2D eigenvalue weighted by Gasteiger charge is -2.13. The third-order valence-electron chi connectivity index (χ3n) is 4.83. The van der Waals surface area contributed by atoms with Crippen molar-refractivity contribution >= 4 is 23.2 Å². The minimum atomic E-state index is -0.344. The number of nitrogens with one attached hydrogen (secondary N) is 2. The molecule has 4 aromatic rings. The highest BCUT2D eigenvalue weighted by Gasteiger charge is 2.12. The molecule has 0 spiro atoms. The van der Waals surface area contributed by atoms with Crippen molar-refractivity contribution < 1.29 is 23.8 Å². The Kier molecular flexibility index (Phi) is 7.55. The second-order valence-corrected chi connectivity index (χ2v) is 7.33. The van der Waals surface area contributed by atoms with Gasteiger partial charge in [-0.3, -0.25) is 14.6 Å². The summed E-state index contributed by atoms with van der Waals surface area (Å²) in [6.07, 6.45) is 3.06. The monoisotopic (exact) mass is 469 g/mol. The zero-order valence-corrected chi connectivity index (χ0v) is 18.9. The van der Waals surface area contributed by atoms with E-state index in [1.54, 1.807) is 60.8 Å². The van der Waals surface area contributed by atoms with Gasteiger partial charge in [-0.25, -0.2) is 0 Å². The van der Waals surface area contributed by atoms with Crippen LogP contribution < -0.4 is 24.8 Å². The molecule has 0 radical (unpaired) electrons. The summed E-state index contributed by atoms with van der Waals surface area (Å²) in [5, 5.41) is 5.52. The van der Waals surface area contributed by atoms with Gasteiger partial charge in [0.1, 0.15) is 23.0 Å². The highest BCUT2D eigenvalue weighted by Crippen LogP contribution is 2.28. The summed E-state index contributed by atoms with van der Waals surface area (Å²) in [4.78, 5) is 28.7. The number of nitrogens with zero attached hydrogens (tertiary/aromatic N) is 1. The van der Waals surface area contributed by atoms with Gasteiger partial charge in [0.05, 0.1) is 18.4 Å². The third kappa shape index (κ3) is 6.58. The van der Waals surface area contributed by atoms with Crippen molar-refractivity contribution in [1.82, 2.24) is 4.98 Å². The van der Waals surface area contributed by atoms with E-state index in [2.05, 4.69) is 15.6 Å². The van der Waals surface area contributed by atoms with Crippen LogP contribution in [0.2, 0.25) is 0 Å². The number of para-hydroxylation sites is 1. The van der Waals surface area contributed by atoms with Gasteiger partial charge in [0.25, 0.3) is 11.8 Å². The zero-order chi connectivity index (χ0) is 24.5. The van der Waals surface area contributed by atoms with E-state index in [9.17, 15) is 9.59 Å². The molecule has 176 valence electrons. The molecule has 0 saturated heterocycles. The Morgan fingerprint density at radius 3 is 2.29 bits per heavy atom. The number of carbonyl (C=O) groups is 2. The largest absolute Gasteiger partial charge is 0.494 e. The Balaban J connectivity index is 1.30. The van der Waals surface area contributed by atoms with Crippen LogP contribution in [0.1, 0.15) is 10.4 Å². The molecule has 8 heteroatoms. The van der Waals surface area contributed by atoms with E-state index in [1.807, 2.05) is 30.3 Å². The molecule has 0 aliphatic heterocycles. The molecular formula is C27H23N3O5. The predicted octanol–water partition coefficient (Wildman–Crippen LogP) is 5.15. The summed E-state index contributed by atoms with van der Waals surface area (Å²) < 4.78 is 16.7. The molecule has 0 atom stereocenters. The summed E-state index contributed by atoms with van der Waals surface area (Å²) in [6.45, 7) is -0.180. The van der Waals surface area contributed by atoms with Crippen molar-refractivity contribution in [2.75, 3.05) is 24.4 Å². The maximum absolute atomic E-state index is 12.4. The van der Waals surface area contributed by atoms with E-state index in [1.165, 1.54) is 13.3 Å². The minimum absolute atomic E-state index is 0.180. The third-order valence-corrected chi connectivity index (χ3v) is 4.83. The van der Waals surface area contributed by atoms with Gasteiger partial charge in [-0.05, 0) is 60.7 Å². The number of hydrogen-bond donors (Lipinski definition) is 2. The SMILES string of the molecule is COc1cc(NC(=O)COc2ccc(Oc3ccccc3)cc2)ccc1NC(=O)c1cccnc1. The van der Waals surface area contributed by atoms with E-state index in [0.717, 1.165) is 5.75 Å². The number of anilines is 2. The van der Waals surface area contributed by atoms with Crippen LogP contribution in [0.4, 0.5) is 11.4 Å². The molecular weight excluding hydrogens is 446 g/mol. The number of benzene rings is 3. The van der Waals surface area contributed by atoms with Gasteiger partial charge in [0.2, 0.25) is 0 Å². The van der Waals surface area contributed by atoms with Crippen molar-refractivity contribution in [3.63, 3.8) is 0 Å². The highest BCUT2D eigenvalue weighted by atomic mass is 16.5. The number of amides is 2. The summed E-state index contributed by atoms with van der Waals surface area (Å²) in [5.74, 6) is 1.67. The van der Waals surface area contributed by atoms with Crippen molar-refractivity contribution in [1.29, 1.82) is 0 Å². The molecule has 1 aromatic heterocycles. The van der Waals surface area contributed by atoms with Crippen LogP contribution in [0.25, 0.3) is 0 Å². The second-order valence-electron chi connectivity index (χ2n) is 7.33. The van der Waals surface area contributed by atoms with Gasteiger partial charge >= 0.3 is 0 Å². The van der Waals surface area contributed by atoms with Crippen molar-refractivity contribution in [3.8, 4) is 23.0 Å². The van der Waals surface area contributed by atoms with Crippen molar-refractivity contribution in [3.05, 3.63) is 103 Å². The first-order valence-electron chi connectivity index (χ1n) is 10.8. The average molecular weight is 469 g/mol. The van der Waals surface area contributed by atoms with Gasteiger partial charge in [0, 0.05) is 24.1 Å². The molecule has 3 aromatic carbocycles. The first-order valence-corrected chi connectivity index (χ1v) is 10.8. The Morgan fingerprint density at radius 2 is 1.57 bits per heavy atom. The van der Waals surface area contributed by atoms with Crippen LogP contribution >= 0.6 is 0 Å². The molecule has 2 amide bonds. The summed E-state index contributed by atoms with van der Waals surface area (Å²) in [5.41, 5.74) is 1.39. The lowest BCUT2D eigenvalue weighted by Crippen LogP contribution is -2.20. The maximum Gasteiger partial charge on any atom is 0.262 e. The number of pyridine rings is 1. The standard InChI is InChI=1S/C27H23N3O5/c1-33-25-16-20(9-14-24(25)30-27(32)19-6-5-15-28-17-19)29-26(31)18-34-21-10-12-23(13-11-21)35-22-7-3-2-4-8-22/h2-17H,18H2,1H3,(H,29,31)(H,30,32). The van der Waals surface area contributed by atoms with Crippen LogP contribution in [0.15, 0.2) is 97.3 Å². The molecule has 0 unspecified atom stereocenters. The maximum atomic E-state index is 12.4. The number of carbonyl (C=O) groups excluding carboxylic acids is 2. The second kappa shape index (κ2) is 11.3. The lowest BCUT2D eigenvalue weighted by molar-refractivity contribution is -0.118. The van der Waals surface area contributed by atoms with Crippen LogP contribution in [-0.2, 0) is 4.79 Å². The number of hydrogen-bond acceptors (Lipinski definition) is 6. The van der Waals surface area contributed by atoms with Crippen molar-refractivity contribution in [2.45, 2.75) is 0 Å². The molecule has 2 N–H and O–H groups in total. The Bertz CT molecular complexity index is 1280. The fraction of sp³-hybridized carbons (Fsp3) is 0.0741. The van der Waals surface area contributed by atoms with E-state index < -0.39 is 0 Å². The minimum Gasteiger partial charge on any atom is -0.494 e. The first-order chi connectivity index (χ1) is 17.1. The Hall–Kier alpha value is -4.85. The smallest absolute Gasteiger partial charge is 0.262 e. The van der Waals surface area contributed by atoms with Crippen LogP contribution in [-0.4, -0.2) is 30.5 Å². The van der Waals surface area contributed by atoms with E-state index in [0.29, 0.717) is 34.2 Å². The molecule has 4 rings (SSSR count). The van der Waals surface area contributed by atoms with Crippen molar-refractivity contribution in [2.24, 2.45) is 0 Å². The van der Waals surface area contributed by atoms with Gasteiger partial charge in [-0.1, -0.05) is 18.2 Å². The molecule has 35 heavy (non-hydrogen) atoms. The molecule has 1 heterocycles. The fourth-order valence-electron chi connectivity index (χ4n) is 3.14. The number of aromatic nitrogens is 1. The predicted molar refractivity (Wildman–Crippen MR) is 132 cm³/mol. The first kappa shape index (κ1) is 23.3.